The fourth-order valence-corrected chi connectivity index (χ4v) is 1.97. The first-order valence-corrected chi connectivity index (χ1v) is 6.34. The summed E-state index contributed by atoms with van der Waals surface area (Å²) in [5.74, 6) is 1.42. The van der Waals surface area contributed by atoms with Crippen LogP contribution in [0, 0.1) is 6.92 Å². The van der Waals surface area contributed by atoms with Gasteiger partial charge in [-0.2, -0.15) is 13.2 Å². The molecule has 0 aliphatic carbocycles. The molecular formula is C13H12ClF3N4. The predicted octanol–water partition coefficient (Wildman–Crippen LogP) is 4.24. The number of anilines is 3. The van der Waals surface area contributed by atoms with Gasteiger partial charge in [-0.15, -0.1) is 0 Å². The number of hydrogen-bond donors (Lipinski definition) is 2. The fourth-order valence-electron chi connectivity index (χ4n) is 1.73. The molecule has 0 aliphatic rings. The van der Waals surface area contributed by atoms with Crippen LogP contribution in [-0.2, 0) is 6.18 Å². The zero-order valence-corrected chi connectivity index (χ0v) is 12.0. The minimum Gasteiger partial charge on any atom is -0.373 e. The van der Waals surface area contributed by atoms with Gasteiger partial charge in [0.25, 0.3) is 0 Å². The van der Waals surface area contributed by atoms with Gasteiger partial charge < -0.3 is 10.6 Å². The molecule has 0 bridgehead atoms. The molecule has 21 heavy (non-hydrogen) atoms. The van der Waals surface area contributed by atoms with Crippen LogP contribution in [0.3, 0.4) is 0 Å². The maximum atomic E-state index is 12.7. The lowest BCUT2D eigenvalue weighted by Gasteiger charge is -2.12. The highest BCUT2D eigenvalue weighted by Gasteiger charge is 2.31. The van der Waals surface area contributed by atoms with Crippen molar-refractivity contribution in [3.8, 4) is 0 Å². The van der Waals surface area contributed by atoms with Crippen LogP contribution in [-0.4, -0.2) is 17.0 Å². The Morgan fingerprint density at radius 3 is 2.33 bits per heavy atom. The van der Waals surface area contributed by atoms with Crippen molar-refractivity contribution in [1.82, 2.24) is 9.97 Å². The Morgan fingerprint density at radius 1 is 1.05 bits per heavy atom. The number of alkyl halides is 3. The standard InChI is InChI=1S/C13H12ClF3N4/c1-7-19-11(18-2)6-12(20-7)21-10-4-8(13(15,16)17)3-9(14)5-10/h3-6H,1-2H3,(H2,18,19,20,21). The minimum absolute atomic E-state index is 0.00746. The first-order chi connectivity index (χ1) is 9.77. The Bertz CT molecular complexity index is 658. The molecule has 1 heterocycles. The molecule has 1 aromatic heterocycles. The lowest BCUT2D eigenvalue weighted by molar-refractivity contribution is -0.137. The van der Waals surface area contributed by atoms with Crippen LogP contribution in [0.15, 0.2) is 24.3 Å². The molecule has 2 N–H and O–H groups in total. The molecule has 0 spiro atoms. The minimum atomic E-state index is -4.46. The fraction of sp³-hybridized carbons (Fsp3) is 0.231. The lowest BCUT2D eigenvalue weighted by atomic mass is 10.2. The first kappa shape index (κ1) is 15.4. The molecule has 112 valence electrons. The molecule has 2 aromatic rings. The van der Waals surface area contributed by atoms with Gasteiger partial charge in [-0.1, -0.05) is 11.6 Å². The molecule has 0 unspecified atom stereocenters. The topological polar surface area (TPSA) is 49.8 Å². The van der Waals surface area contributed by atoms with Crippen LogP contribution in [0.5, 0.6) is 0 Å². The van der Waals surface area contributed by atoms with Gasteiger partial charge in [0.2, 0.25) is 0 Å². The predicted molar refractivity (Wildman–Crippen MR) is 76.1 cm³/mol. The van der Waals surface area contributed by atoms with Crippen LogP contribution >= 0.6 is 11.6 Å². The third kappa shape index (κ3) is 3.98. The van der Waals surface area contributed by atoms with Crippen molar-refractivity contribution in [2.24, 2.45) is 0 Å². The Balaban J connectivity index is 2.35. The van der Waals surface area contributed by atoms with E-state index in [0.717, 1.165) is 12.1 Å². The highest BCUT2D eigenvalue weighted by atomic mass is 35.5. The molecule has 0 saturated heterocycles. The molecule has 1 aromatic carbocycles. The molecule has 0 fully saturated rings. The number of halogens is 4. The van der Waals surface area contributed by atoms with Gasteiger partial charge in [0.1, 0.15) is 17.5 Å². The summed E-state index contributed by atoms with van der Waals surface area (Å²) in [4.78, 5) is 8.21. The molecule has 0 atom stereocenters. The highest BCUT2D eigenvalue weighted by molar-refractivity contribution is 6.31. The van der Waals surface area contributed by atoms with E-state index in [2.05, 4.69) is 20.6 Å². The van der Waals surface area contributed by atoms with Gasteiger partial charge in [-0.3, -0.25) is 0 Å². The Hall–Kier alpha value is -2.02. The number of benzene rings is 1. The second-order valence-corrected chi connectivity index (χ2v) is 4.72. The van der Waals surface area contributed by atoms with Crippen molar-refractivity contribution in [2.45, 2.75) is 13.1 Å². The summed E-state index contributed by atoms with van der Waals surface area (Å²) < 4.78 is 38.2. The molecule has 0 aliphatic heterocycles. The van der Waals surface area contributed by atoms with E-state index in [4.69, 9.17) is 11.6 Å². The van der Waals surface area contributed by atoms with E-state index in [0.29, 0.717) is 17.5 Å². The number of hydrogen-bond acceptors (Lipinski definition) is 4. The van der Waals surface area contributed by atoms with E-state index in [1.165, 1.54) is 6.07 Å². The Kier molecular flexibility index (Phi) is 4.22. The van der Waals surface area contributed by atoms with E-state index in [9.17, 15) is 13.2 Å². The largest absolute Gasteiger partial charge is 0.416 e. The molecule has 4 nitrogen and oxygen atoms in total. The molecule has 2 rings (SSSR count). The van der Waals surface area contributed by atoms with Crippen LogP contribution in [0.1, 0.15) is 11.4 Å². The third-order valence-electron chi connectivity index (χ3n) is 2.59. The van der Waals surface area contributed by atoms with Crippen LogP contribution in [0.25, 0.3) is 0 Å². The van der Waals surface area contributed by atoms with Crippen molar-refractivity contribution < 1.29 is 13.2 Å². The van der Waals surface area contributed by atoms with Gasteiger partial charge in [0, 0.05) is 23.8 Å². The van der Waals surface area contributed by atoms with Crippen LogP contribution < -0.4 is 10.6 Å². The molecule has 0 radical (unpaired) electrons. The van der Waals surface area contributed by atoms with Gasteiger partial charge in [0.15, 0.2) is 0 Å². The van der Waals surface area contributed by atoms with Gasteiger partial charge >= 0.3 is 6.18 Å². The summed E-state index contributed by atoms with van der Waals surface area (Å²) >= 11 is 5.73. The van der Waals surface area contributed by atoms with Gasteiger partial charge in [-0.25, -0.2) is 9.97 Å². The number of aryl methyl sites for hydroxylation is 1. The quantitative estimate of drug-likeness (QED) is 0.889. The number of nitrogens with one attached hydrogen (secondary N) is 2. The van der Waals surface area contributed by atoms with Gasteiger partial charge in [0.05, 0.1) is 5.56 Å². The zero-order valence-electron chi connectivity index (χ0n) is 11.2. The Morgan fingerprint density at radius 2 is 1.71 bits per heavy atom. The van der Waals surface area contributed by atoms with Crippen molar-refractivity contribution >= 4 is 28.9 Å². The number of rotatable bonds is 3. The van der Waals surface area contributed by atoms with E-state index in [1.807, 2.05) is 0 Å². The first-order valence-electron chi connectivity index (χ1n) is 5.96. The normalized spacial score (nSPS) is 11.3. The highest BCUT2D eigenvalue weighted by Crippen LogP contribution is 2.34. The van der Waals surface area contributed by atoms with Crippen LogP contribution in [0.4, 0.5) is 30.5 Å². The summed E-state index contributed by atoms with van der Waals surface area (Å²) in [6.07, 6.45) is -4.46. The number of nitrogens with zero attached hydrogens (tertiary/aromatic N) is 2. The van der Waals surface area contributed by atoms with Crippen molar-refractivity contribution in [1.29, 1.82) is 0 Å². The average Bonchev–Trinajstić information content (AvgIpc) is 2.36. The van der Waals surface area contributed by atoms with Crippen molar-refractivity contribution in [3.05, 3.63) is 40.7 Å². The lowest BCUT2D eigenvalue weighted by Crippen LogP contribution is -2.06. The Labute approximate surface area is 124 Å². The second-order valence-electron chi connectivity index (χ2n) is 4.29. The van der Waals surface area contributed by atoms with Crippen LogP contribution in [0.2, 0.25) is 5.02 Å². The smallest absolute Gasteiger partial charge is 0.373 e. The summed E-state index contributed by atoms with van der Waals surface area (Å²) in [6.45, 7) is 1.69. The number of aromatic nitrogens is 2. The maximum absolute atomic E-state index is 12.7. The maximum Gasteiger partial charge on any atom is 0.416 e. The molecular weight excluding hydrogens is 305 g/mol. The molecule has 8 heteroatoms. The zero-order chi connectivity index (χ0) is 15.6. The summed E-state index contributed by atoms with van der Waals surface area (Å²) in [6, 6.07) is 4.83. The molecule has 0 saturated carbocycles. The summed E-state index contributed by atoms with van der Waals surface area (Å²) in [5.41, 5.74) is -0.618. The SMILES string of the molecule is CNc1cc(Nc2cc(Cl)cc(C(F)(F)F)c2)nc(C)n1. The average molecular weight is 317 g/mol. The van der Waals surface area contributed by atoms with E-state index >= 15 is 0 Å². The summed E-state index contributed by atoms with van der Waals surface area (Å²) in [7, 11) is 1.69. The second kappa shape index (κ2) is 5.77. The van der Waals surface area contributed by atoms with E-state index < -0.39 is 11.7 Å². The third-order valence-corrected chi connectivity index (χ3v) is 2.81. The van der Waals surface area contributed by atoms with Crippen molar-refractivity contribution in [2.75, 3.05) is 17.7 Å². The molecule has 0 amide bonds. The van der Waals surface area contributed by atoms with E-state index in [1.54, 1.807) is 20.0 Å². The monoisotopic (exact) mass is 316 g/mol. The van der Waals surface area contributed by atoms with Gasteiger partial charge in [-0.05, 0) is 25.1 Å². The van der Waals surface area contributed by atoms with Crippen molar-refractivity contribution in [3.63, 3.8) is 0 Å². The summed E-state index contributed by atoms with van der Waals surface area (Å²) in [5, 5.41) is 5.63. The van der Waals surface area contributed by atoms with E-state index in [-0.39, 0.29) is 10.7 Å².